The molecule has 2 aliphatic rings. The fraction of sp³-hybridized carbons (Fsp3) is 0.333. The molecule has 0 radical (unpaired) electrons. The Kier molecular flexibility index (Phi) is 5.91. The van der Waals surface area contributed by atoms with Crippen molar-refractivity contribution in [2.24, 2.45) is 5.73 Å². The minimum atomic E-state index is -0.413. The lowest BCUT2D eigenvalue weighted by Gasteiger charge is -2.39. The lowest BCUT2D eigenvalue weighted by molar-refractivity contribution is -0.123. The van der Waals surface area contributed by atoms with Crippen molar-refractivity contribution < 1.29 is 4.79 Å². The quantitative estimate of drug-likeness (QED) is 0.461. The summed E-state index contributed by atoms with van der Waals surface area (Å²) >= 11 is 1.82. The van der Waals surface area contributed by atoms with Crippen LogP contribution in [0.4, 0.5) is 5.82 Å². The maximum Gasteiger partial charge on any atom is 0.239 e. The number of aryl methyl sites for hydroxylation is 2. The predicted octanol–water partition coefficient (Wildman–Crippen LogP) is 3.98. The summed E-state index contributed by atoms with van der Waals surface area (Å²) in [5.41, 5.74) is 9.16. The summed E-state index contributed by atoms with van der Waals surface area (Å²) in [6.07, 6.45) is 8.28. The van der Waals surface area contributed by atoms with Crippen LogP contribution in [0.5, 0.6) is 0 Å². The number of carbonyl (C=O) groups excluding carboxylic acids is 1. The van der Waals surface area contributed by atoms with Crippen LogP contribution in [0.1, 0.15) is 34.9 Å². The van der Waals surface area contributed by atoms with Gasteiger partial charge in [-0.2, -0.15) is 0 Å². The molecule has 0 spiro atoms. The average molecular weight is 485 g/mol. The molecule has 6 rings (SSSR count). The molecule has 1 unspecified atom stereocenters. The Hall–Kier alpha value is -3.36. The monoisotopic (exact) mass is 484 g/mol. The molecule has 1 saturated heterocycles. The van der Waals surface area contributed by atoms with Crippen molar-refractivity contribution in [3.05, 3.63) is 70.9 Å². The van der Waals surface area contributed by atoms with E-state index in [1.165, 1.54) is 28.7 Å². The molecular weight excluding hydrogens is 456 g/mol. The number of fused-ring (bicyclic) bond motifs is 3. The molecule has 1 atom stereocenters. The molecule has 1 aliphatic carbocycles. The minimum Gasteiger partial charge on any atom is -0.368 e. The van der Waals surface area contributed by atoms with Gasteiger partial charge in [0.2, 0.25) is 5.91 Å². The summed E-state index contributed by atoms with van der Waals surface area (Å²) in [5, 5.41) is 1.22. The molecule has 3 aromatic heterocycles. The molecule has 1 fully saturated rings. The first-order valence-corrected chi connectivity index (χ1v) is 13.1. The maximum atomic E-state index is 12.4. The number of piperazine rings is 1. The molecule has 4 heterocycles. The molecule has 35 heavy (non-hydrogen) atoms. The molecule has 7 nitrogen and oxygen atoms in total. The van der Waals surface area contributed by atoms with E-state index in [2.05, 4.69) is 14.8 Å². The molecule has 1 aromatic carbocycles. The molecule has 0 bridgehead atoms. The lowest BCUT2D eigenvalue weighted by Crippen LogP contribution is -2.50. The Bertz CT molecular complexity index is 1350. The van der Waals surface area contributed by atoms with E-state index >= 15 is 0 Å². The summed E-state index contributed by atoms with van der Waals surface area (Å²) in [7, 11) is 0. The first-order valence-electron chi connectivity index (χ1n) is 12.2. The van der Waals surface area contributed by atoms with Crippen LogP contribution in [-0.4, -0.2) is 51.9 Å². The topological polar surface area (TPSA) is 88.2 Å². The number of aromatic nitrogens is 3. The van der Waals surface area contributed by atoms with E-state index in [0.29, 0.717) is 0 Å². The van der Waals surface area contributed by atoms with E-state index in [4.69, 9.17) is 15.7 Å². The van der Waals surface area contributed by atoms with Crippen molar-refractivity contribution in [1.82, 2.24) is 19.9 Å². The van der Waals surface area contributed by atoms with Gasteiger partial charge in [-0.15, -0.1) is 11.3 Å². The highest BCUT2D eigenvalue weighted by Crippen LogP contribution is 2.41. The largest absolute Gasteiger partial charge is 0.368 e. The summed E-state index contributed by atoms with van der Waals surface area (Å²) in [6.45, 7) is 3.03. The number of primary amides is 1. The number of pyridine rings is 1. The Morgan fingerprint density at radius 2 is 1.77 bits per heavy atom. The Labute approximate surface area is 208 Å². The number of nitrogens with two attached hydrogens (primary N) is 1. The standard InChI is InChI=1S/C27H28N6OS/c28-24(34)23(18-7-2-1-3-8-18)32-13-15-33(16-14-32)26-22-20-10-4-5-11-21(20)35-27(22)31-25(30-26)19-9-6-12-29-17-19/h1-3,6-9,12,17,23H,4-5,10-11,13-16H2,(H2,28,34). The average Bonchev–Trinajstić information content (AvgIpc) is 3.28. The van der Waals surface area contributed by atoms with E-state index in [1.54, 1.807) is 6.20 Å². The van der Waals surface area contributed by atoms with Crippen LogP contribution in [0.25, 0.3) is 21.6 Å². The highest BCUT2D eigenvalue weighted by Gasteiger charge is 2.31. The van der Waals surface area contributed by atoms with Crippen molar-refractivity contribution in [1.29, 1.82) is 0 Å². The maximum absolute atomic E-state index is 12.4. The van der Waals surface area contributed by atoms with Crippen LogP contribution in [0.2, 0.25) is 0 Å². The van der Waals surface area contributed by atoms with Crippen LogP contribution in [-0.2, 0) is 17.6 Å². The second-order valence-electron chi connectivity index (χ2n) is 9.24. The summed E-state index contributed by atoms with van der Waals surface area (Å²) in [5.74, 6) is 1.43. The zero-order valence-corrected chi connectivity index (χ0v) is 20.4. The highest BCUT2D eigenvalue weighted by molar-refractivity contribution is 7.19. The van der Waals surface area contributed by atoms with Crippen LogP contribution in [0, 0.1) is 0 Å². The second-order valence-corrected chi connectivity index (χ2v) is 10.3. The molecule has 4 aromatic rings. The normalized spacial score (nSPS) is 17.3. The lowest BCUT2D eigenvalue weighted by atomic mass is 9.96. The van der Waals surface area contributed by atoms with Crippen LogP contribution >= 0.6 is 11.3 Å². The molecular formula is C27H28N6OS. The van der Waals surface area contributed by atoms with Gasteiger partial charge >= 0.3 is 0 Å². The van der Waals surface area contributed by atoms with E-state index in [0.717, 1.165) is 66.6 Å². The molecule has 178 valence electrons. The number of hydrogen-bond donors (Lipinski definition) is 1. The van der Waals surface area contributed by atoms with Crippen LogP contribution < -0.4 is 10.6 Å². The van der Waals surface area contributed by atoms with Crippen molar-refractivity contribution in [3.63, 3.8) is 0 Å². The Morgan fingerprint density at radius 1 is 0.971 bits per heavy atom. The Morgan fingerprint density at radius 3 is 2.51 bits per heavy atom. The van der Waals surface area contributed by atoms with Crippen LogP contribution in [0.3, 0.4) is 0 Å². The first kappa shape index (κ1) is 22.1. The predicted molar refractivity (Wildman–Crippen MR) is 139 cm³/mol. The smallest absolute Gasteiger partial charge is 0.239 e. The van der Waals surface area contributed by atoms with Gasteiger partial charge in [-0.3, -0.25) is 14.7 Å². The molecule has 1 amide bonds. The second kappa shape index (κ2) is 9.36. The first-order chi connectivity index (χ1) is 17.2. The number of anilines is 1. The third kappa shape index (κ3) is 4.17. The summed E-state index contributed by atoms with van der Waals surface area (Å²) < 4.78 is 0. The number of amides is 1. The third-order valence-electron chi connectivity index (χ3n) is 7.08. The number of hydrogen-bond acceptors (Lipinski definition) is 7. The number of carbonyl (C=O) groups is 1. The Balaban J connectivity index is 1.35. The van der Waals surface area contributed by atoms with Gasteiger partial charge in [0.15, 0.2) is 5.82 Å². The molecule has 1 aliphatic heterocycles. The molecule has 0 saturated carbocycles. The third-order valence-corrected chi connectivity index (χ3v) is 8.26. The fourth-order valence-electron chi connectivity index (χ4n) is 5.37. The van der Waals surface area contributed by atoms with Gasteiger partial charge in [-0.25, -0.2) is 9.97 Å². The van der Waals surface area contributed by atoms with E-state index in [1.807, 2.05) is 60.0 Å². The minimum absolute atomic E-state index is 0.306. The van der Waals surface area contributed by atoms with Gasteiger partial charge in [0, 0.05) is 49.0 Å². The van der Waals surface area contributed by atoms with Crippen molar-refractivity contribution in [3.8, 4) is 11.4 Å². The zero-order chi connectivity index (χ0) is 23.8. The van der Waals surface area contributed by atoms with Crippen molar-refractivity contribution in [2.45, 2.75) is 31.7 Å². The van der Waals surface area contributed by atoms with E-state index in [9.17, 15) is 4.79 Å². The van der Waals surface area contributed by atoms with Gasteiger partial charge < -0.3 is 10.6 Å². The molecule has 2 N–H and O–H groups in total. The fourth-order valence-corrected chi connectivity index (χ4v) is 6.63. The van der Waals surface area contributed by atoms with Crippen LogP contribution in [0.15, 0.2) is 54.9 Å². The van der Waals surface area contributed by atoms with E-state index < -0.39 is 6.04 Å². The number of benzene rings is 1. The SMILES string of the molecule is NC(=O)C(c1ccccc1)N1CCN(c2nc(-c3cccnc3)nc3sc4c(c23)CCCC4)CC1. The van der Waals surface area contributed by atoms with Gasteiger partial charge in [0.1, 0.15) is 16.7 Å². The summed E-state index contributed by atoms with van der Waals surface area (Å²) in [4.78, 5) is 33.9. The van der Waals surface area contributed by atoms with Crippen molar-refractivity contribution >= 4 is 33.3 Å². The zero-order valence-electron chi connectivity index (χ0n) is 19.6. The van der Waals surface area contributed by atoms with Crippen molar-refractivity contribution in [2.75, 3.05) is 31.1 Å². The van der Waals surface area contributed by atoms with E-state index in [-0.39, 0.29) is 5.91 Å². The number of nitrogens with zero attached hydrogens (tertiary/aromatic N) is 5. The number of rotatable bonds is 5. The van der Waals surface area contributed by atoms with Gasteiger partial charge in [-0.1, -0.05) is 30.3 Å². The molecule has 8 heteroatoms. The van der Waals surface area contributed by atoms with Gasteiger partial charge in [-0.05, 0) is 48.9 Å². The number of thiophene rings is 1. The summed E-state index contributed by atoms with van der Waals surface area (Å²) in [6, 6.07) is 13.4. The van der Waals surface area contributed by atoms with Gasteiger partial charge in [0.05, 0.1) is 5.39 Å². The van der Waals surface area contributed by atoms with Gasteiger partial charge in [0.25, 0.3) is 0 Å². The highest BCUT2D eigenvalue weighted by atomic mass is 32.1.